The molecule has 0 saturated heterocycles. The minimum absolute atomic E-state index is 0.0396. The molecule has 0 atom stereocenters. The van der Waals surface area contributed by atoms with Gasteiger partial charge in [-0.25, -0.2) is 0 Å². The first-order valence-corrected chi connectivity index (χ1v) is 9.50. The van der Waals surface area contributed by atoms with Crippen molar-refractivity contribution in [1.29, 1.82) is 0 Å². The van der Waals surface area contributed by atoms with Crippen molar-refractivity contribution < 1.29 is 19.7 Å². The van der Waals surface area contributed by atoms with Crippen LogP contribution in [0.2, 0.25) is 0 Å². The zero-order valence-corrected chi connectivity index (χ0v) is 10.9. The first kappa shape index (κ1) is 12.6. The first-order valence-electron chi connectivity index (χ1n) is 3.91. The molecule has 0 amide bonds. The number of benzene rings is 1. The fourth-order valence-corrected chi connectivity index (χ4v) is 4.81. The van der Waals surface area contributed by atoms with E-state index in [-0.39, 0.29) is 9.26 Å². The second kappa shape index (κ2) is 5.07. The molecule has 1 aromatic rings. The Morgan fingerprint density at radius 2 is 1.93 bits per heavy atom. The Morgan fingerprint density at radius 3 is 2.47 bits per heavy atom. The monoisotopic (exact) mass is 338 g/mol. The molecule has 1 rings (SSSR count). The number of thioether (sulfide) groups is 1. The van der Waals surface area contributed by atoms with Gasteiger partial charge in [0.05, 0.1) is 0 Å². The topological polar surface area (TPSA) is 94.8 Å². The number of rotatable bonds is 4. The molecule has 3 N–H and O–H groups in total. The molecule has 1 aromatic carbocycles. The predicted molar refractivity (Wildman–Crippen MR) is 55.3 cm³/mol. The van der Waals surface area contributed by atoms with E-state index in [9.17, 15) is 7.81 Å². The molecule has 0 bridgehead atoms. The Kier molecular flexibility index (Phi) is 4.28. The summed E-state index contributed by atoms with van der Waals surface area (Å²) in [6.07, 6.45) is 0. The quantitative estimate of drug-likeness (QED) is 0.502. The van der Waals surface area contributed by atoms with Gasteiger partial charge in [0.1, 0.15) is 0 Å². The number of carboxylic acid groups (broad SMARTS) is 1. The van der Waals surface area contributed by atoms with E-state index < -0.39 is 25.6 Å². The van der Waals surface area contributed by atoms with Crippen molar-refractivity contribution in [1.82, 2.24) is 0 Å². The van der Waals surface area contributed by atoms with Crippen LogP contribution in [-0.4, -0.2) is 43.2 Å². The van der Waals surface area contributed by atoms with Crippen LogP contribution in [-0.2, 0) is 7.81 Å². The summed E-state index contributed by atoms with van der Waals surface area (Å²) in [6, 6.07) is 5.98. The molecule has 0 spiro atoms. The van der Waals surface area contributed by atoms with Crippen LogP contribution in [0.15, 0.2) is 29.2 Å². The van der Waals surface area contributed by atoms with Gasteiger partial charge in [0.25, 0.3) is 0 Å². The van der Waals surface area contributed by atoms with Gasteiger partial charge in [-0.05, 0) is 0 Å². The molecule has 0 aliphatic carbocycles. The third kappa shape index (κ3) is 3.91. The zero-order chi connectivity index (χ0) is 11.5. The van der Waals surface area contributed by atoms with Crippen LogP contribution in [0.4, 0.5) is 0 Å². The summed E-state index contributed by atoms with van der Waals surface area (Å²) in [5.41, 5.74) is 0. The average molecular weight is 339 g/mol. The van der Waals surface area contributed by atoms with E-state index in [0.717, 1.165) is 11.8 Å². The second-order valence-electron chi connectivity index (χ2n) is 2.69. The summed E-state index contributed by atoms with van der Waals surface area (Å²) >= 11 is -4.33. The van der Waals surface area contributed by atoms with E-state index in [1.54, 1.807) is 6.07 Å². The van der Waals surface area contributed by atoms with Crippen molar-refractivity contribution in [3.63, 3.8) is 0 Å². The van der Waals surface area contributed by atoms with Gasteiger partial charge in [-0.1, -0.05) is 0 Å². The van der Waals surface area contributed by atoms with Gasteiger partial charge in [0.15, 0.2) is 0 Å². The van der Waals surface area contributed by atoms with Gasteiger partial charge in [0, 0.05) is 0 Å². The van der Waals surface area contributed by atoms with E-state index >= 15 is 0 Å². The number of hydrogen-bond acceptors (Lipinski definition) is 3. The summed E-state index contributed by atoms with van der Waals surface area (Å²) in [7, 11) is 0. The molecule has 0 aliphatic heterocycles. The normalized spacial score (nSPS) is 11.3. The van der Waals surface area contributed by atoms with E-state index in [0.29, 0.717) is 4.90 Å². The van der Waals surface area contributed by atoms with Gasteiger partial charge in [-0.3, -0.25) is 0 Å². The molecule has 7 heteroatoms. The molecule has 5 nitrogen and oxygen atoms in total. The zero-order valence-electron chi connectivity index (χ0n) is 7.53. The van der Waals surface area contributed by atoms with Gasteiger partial charge in [-0.15, -0.1) is 0 Å². The maximum absolute atomic E-state index is 11.1. The number of hydrogen-bond donors (Lipinski definition) is 3. The van der Waals surface area contributed by atoms with Gasteiger partial charge < -0.3 is 0 Å². The van der Waals surface area contributed by atoms with Crippen molar-refractivity contribution in [2.45, 2.75) is 4.90 Å². The molecule has 0 saturated carbocycles. The van der Waals surface area contributed by atoms with Crippen molar-refractivity contribution in [2.75, 3.05) is 5.75 Å². The fraction of sp³-hybridized carbons (Fsp3) is 0.125. The molecular formula is C8H9O5SSb. The summed E-state index contributed by atoms with van der Waals surface area (Å²) in [5.74, 6) is -1.23. The Bertz CT molecular complexity index is 413. The Morgan fingerprint density at radius 1 is 1.33 bits per heavy atom. The molecule has 0 heterocycles. The summed E-state index contributed by atoms with van der Waals surface area (Å²) in [6.45, 7) is 0. The Labute approximate surface area is 95.3 Å². The predicted octanol–water partition coefficient (Wildman–Crippen LogP) is -0.576. The third-order valence-electron chi connectivity index (χ3n) is 1.53. The van der Waals surface area contributed by atoms with E-state index in [1.165, 1.54) is 18.2 Å². The number of aliphatic carboxylic acids is 1. The first-order chi connectivity index (χ1) is 6.91. The molecule has 0 aliphatic rings. The van der Waals surface area contributed by atoms with Gasteiger partial charge in [0.2, 0.25) is 0 Å². The summed E-state index contributed by atoms with van der Waals surface area (Å²) in [5, 5.41) is 8.46. The minimum atomic E-state index is -5.24. The van der Waals surface area contributed by atoms with Crippen LogP contribution in [0.3, 0.4) is 0 Å². The van der Waals surface area contributed by atoms with Gasteiger partial charge >= 0.3 is 95.5 Å². The molecule has 0 unspecified atom stereocenters. The molecule has 0 aromatic heterocycles. The average Bonchev–Trinajstić information content (AvgIpc) is 2.13. The van der Waals surface area contributed by atoms with Crippen LogP contribution >= 0.6 is 11.8 Å². The van der Waals surface area contributed by atoms with Gasteiger partial charge in [-0.2, -0.15) is 0 Å². The number of carbonyl (C=O) groups is 1. The maximum atomic E-state index is 11.1. The Balaban J connectivity index is 2.97. The van der Waals surface area contributed by atoms with Crippen LogP contribution in [0, 0.1) is 0 Å². The SMILES string of the molecule is O=C(O)CSc1cccc[c]1[Sb](=[O])([OH])[OH]. The van der Waals surface area contributed by atoms with E-state index in [2.05, 4.69) is 0 Å². The molecular weight excluding hydrogens is 330 g/mol. The molecule has 15 heavy (non-hydrogen) atoms. The summed E-state index contributed by atoms with van der Waals surface area (Å²) < 4.78 is 29.2. The summed E-state index contributed by atoms with van der Waals surface area (Å²) in [4.78, 5) is 10.7. The van der Waals surface area contributed by atoms with Crippen LogP contribution in [0.25, 0.3) is 0 Å². The van der Waals surface area contributed by atoms with E-state index in [1.807, 2.05) is 0 Å². The van der Waals surface area contributed by atoms with E-state index in [4.69, 9.17) is 11.9 Å². The van der Waals surface area contributed by atoms with Crippen LogP contribution in [0.5, 0.6) is 0 Å². The molecule has 0 fully saturated rings. The number of carboxylic acids is 1. The van der Waals surface area contributed by atoms with Crippen molar-refractivity contribution in [3.8, 4) is 0 Å². The van der Waals surface area contributed by atoms with Crippen molar-refractivity contribution >= 4 is 40.9 Å². The van der Waals surface area contributed by atoms with Crippen molar-refractivity contribution in [3.05, 3.63) is 24.3 Å². The fourth-order valence-electron chi connectivity index (χ4n) is 0.959. The molecule has 0 radical (unpaired) electrons. The Hall–Kier alpha value is -0.422. The van der Waals surface area contributed by atoms with Crippen LogP contribution in [0.1, 0.15) is 0 Å². The van der Waals surface area contributed by atoms with Crippen molar-refractivity contribution in [2.24, 2.45) is 0 Å². The van der Waals surface area contributed by atoms with Crippen LogP contribution < -0.4 is 3.51 Å². The molecule has 82 valence electrons. The standard InChI is InChI=1S/C8H7O2S.2H2O.O.Sb/c9-8(10)6-11-7-4-2-1-3-5-7;;;;/h1-4H,6H2,(H,9,10);2*1H2;;/q;;;;+2/p-2. The second-order valence-corrected chi connectivity index (χ2v) is 8.19. The third-order valence-corrected chi connectivity index (χ3v) is 5.94.